The lowest BCUT2D eigenvalue weighted by molar-refractivity contribution is 0.139. The molecule has 1 fully saturated rings. The zero-order valence-corrected chi connectivity index (χ0v) is 13.6. The maximum atomic E-state index is 6.28. The lowest BCUT2D eigenvalue weighted by Crippen LogP contribution is -2.57. The molecule has 1 aliphatic rings. The van der Waals surface area contributed by atoms with E-state index in [0.717, 1.165) is 30.0 Å². The number of piperazine rings is 1. The maximum absolute atomic E-state index is 6.28. The van der Waals surface area contributed by atoms with E-state index in [1.54, 1.807) is 0 Å². The Morgan fingerprint density at radius 3 is 2.67 bits per heavy atom. The van der Waals surface area contributed by atoms with E-state index in [0.29, 0.717) is 0 Å². The normalized spacial score (nSPS) is 20.2. The maximum Gasteiger partial charge on any atom is 0.0467 e. The molecule has 0 aliphatic carbocycles. The van der Waals surface area contributed by atoms with Crippen LogP contribution in [0.3, 0.4) is 0 Å². The van der Waals surface area contributed by atoms with E-state index in [4.69, 9.17) is 11.6 Å². The molecule has 0 N–H and O–H groups in total. The third-order valence-corrected chi connectivity index (χ3v) is 4.80. The smallest absolute Gasteiger partial charge is 0.0467 e. The second-order valence-corrected chi connectivity index (χ2v) is 6.49. The highest BCUT2D eigenvalue weighted by molar-refractivity contribution is 9.08. The second-order valence-electron chi connectivity index (χ2n) is 5.53. The SMILES string of the molecule is CN1CCN(c2cccc(Cl)c2CBr)CC1(C)C. The van der Waals surface area contributed by atoms with Crippen LogP contribution in [0.25, 0.3) is 0 Å². The fourth-order valence-corrected chi connectivity index (χ4v) is 3.41. The third kappa shape index (κ3) is 2.68. The summed E-state index contributed by atoms with van der Waals surface area (Å²) in [7, 11) is 2.20. The highest BCUT2D eigenvalue weighted by Crippen LogP contribution is 2.32. The Morgan fingerprint density at radius 2 is 2.06 bits per heavy atom. The Morgan fingerprint density at radius 1 is 1.33 bits per heavy atom. The first-order valence-corrected chi connectivity index (χ1v) is 7.75. The van der Waals surface area contributed by atoms with Crippen LogP contribution < -0.4 is 4.90 Å². The highest BCUT2D eigenvalue weighted by Gasteiger charge is 2.31. The molecule has 0 aromatic heterocycles. The summed E-state index contributed by atoms with van der Waals surface area (Å²) in [6.45, 7) is 7.75. The van der Waals surface area contributed by atoms with Gasteiger partial charge in [-0.1, -0.05) is 33.6 Å². The van der Waals surface area contributed by atoms with Gasteiger partial charge in [0.1, 0.15) is 0 Å². The fourth-order valence-electron chi connectivity index (χ4n) is 2.42. The van der Waals surface area contributed by atoms with Crippen molar-refractivity contribution in [3.05, 3.63) is 28.8 Å². The average molecular weight is 332 g/mol. The van der Waals surface area contributed by atoms with Gasteiger partial charge in [-0.3, -0.25) is 4.90 Å². The van der Waals surface area contributed by atoms with Gasteiger partial charge in [0.2, 0.25) is 0 Å². The summed E-state index contributed by atoms with van der Waals surface area (Å²) in [6.07, 6.45) is 0. The summed E-state index contributed by atoms with van der Waals surface area (Å²) < 4.78 is 0. The van der Waals surface area contributed by atoms with Crippen LogP contribution in [-0.2, 0) is 5.33 Å². The molecule has 1 saturated heterocycles. The molecule has 1 heterocycles. The molecule has 0 unspecified atom stereocenters. The zero-order chi connectivity index (χ0) is 13.3. The van der Waals surface area contributed by atoms with E-state index in [1.165, 1.54) is 11.3 Å². The van der Waals surface area contributed by atoms with Crippen LogP contribution in [-0.4, -0.2) is 37.1 Å². The fraction of sp³-hybridized carbons (Fsp3) is 0.571. The van der Waals surface area contributed by atoms with E-state index in [1.807, 2.05) is 12.1 Å². The van der Waals surface area contributed by atoms with Gasteiger partial charge in [0.15, 0.2) is 0 Å². The minimum absolute atomic E-state index is 0.199. The van der Waals surface area contributed by atoms with E-state index < -0.39 is 0 Å². The summed E-state index contributed by atoms with van der Waals surface area (Å²) in [5.74, 6) is 0. The van der Waals surface area contributed by atoms with Gasteiger partial charge in [-0.15, -0.1) is 0 Å². The Kier molecular flexibility index (Phi) is 4.25. The average Bonchev–Trinajstić information content (AvgIpc) is 2.32. The number of anilines is 1. The number of hydrogen-bond donors (Lipinski definition) is 0. The molecule has 100 valence electrons. The first-order chi connectivity index (χ1) is 8.45. The number of hydrogen-bond acceptors (Lipinski definition) is 2. The van der Waals surface area contributed by atoms with E-state index in [-0.39, 0.29) is 5.54 Å². The molecule has 0 atom stereocenters. The topological polar surface area (TPSA) is 6.48 Å². The van der Waals surface area contributed by atoms with Crippen LogP contribution >= 0.6 is 27.5 Å². The van der Waals surface area contributed by atoms with Crippen molar-refractivity contribution in [2.75, 3.05) is 31.6 Å². The summed E-state index contributed by atoms with van der Waals surface area (Å²) in [5, 5.41) is 1.65. The standard InChI is InChI=1S/C14H20BrClN2/c1-14(2)10-18(8-7-17(14)3)13-6-4-5-12(16)11(13)9-15/h4-6H,7-10H2,1-3H3. The zero-order valence-electron chi connectivity index (χ0n) is 11.2. The number of benzene rings is 1. The molecule has 1 aromatic rings. The second kappa shape index (κ2) is 5.40. The van der Waals surface area contributed by atoms with Crippen LogP contribution in [0.2, 0.25) is 5.02 Å². The van der Waals surface area contributed by atoms with Crippen molar-refractivity contribution in [1.82, 2.24) is 4.90 Å². The first-order valence-electron chi connectivity index (χ1n) is 6.25. The molecular weight excluding hydrogens is 312 g/mol. The molecule has 0 amide bonds. The monoisotopic (exact) mass is 330 g/mol. The summed E-state index contributed by atoms with van der Waals surface area (Å²) in [6, 6.07) is 6.17. The molecule has 1 aromatic carbocycles. The Balaban J connectivity index is 2.30. The van der Waals surface area contributed by atoms with E-state index in [9.17, 15) is 0 Å². The summed E-state index contributed by atoms with van der Waals surface area (Å²) in [5.41, 5.74) is 2.66. The molecule has 2 nitrogen and oxygen atoms in total. The molecule has 0 radical (unpaired) electrons. The lowest BCUT2D eigenvalue weighted by Gasteiger charge is -2.46. The molecule has 1 aliphatic heterocycles. The van der Waals surface area contributed by atoms with Gasteiger partial charge >= 0.3 is 0 Å². The van der Waals surface area contributed by atoms with Gasteiger partial charge in [0, 0.05) is 46.8 Å². The number of likely N-dealkylation sites (N-methyl/N-ethyl adjacent to an activating group) is 1. The predicted molar refractivity (Wildman–Crippen MR) is 83.0 cm³/mol. The van der Waals surface area contributed by atoms with Crippen molar-refractivity contribution in [3.63, 3.8) is 0 Å². The number of halogens is 2. The van der Waals surface area contributed by atoms with Gasteiger partial charge < -0.3 is 4.90 Å². The Bertz CT molecular complexity index is 434. The molecule has 0 saturated carbocycles. The molecular formula is C14H20BrClN2. The quantitative estimate of drug-likeness (QED) is 0.761. The number of nitrogens with zero attached hydrogens (tertiary/aromatic N) is 2. The Labute approximate surface area is 123 Å². The van der Waals surface area contributed by atoms with Crippen molar-refractivity contribution in [2.24, 2.45) is 0 Å². The van der Waals surface area contributed by atoms with Crippen LogP contribution in [0.5, 0.6) is 0 Å². The highest BCUT2D eigenvalue weighted by atomic mass is 79.9. The van der Waals surface area contributed by atoms with E-state index >= 15 is 0 Å². The van der Waals surface area contributed by atoms with Crippen molar-refractivity contribution < 1.29 is 0 Å². The number of rotatable bonds is 2. The first kappa shape index (κ1) is 14.2. The lowest BCUT2D eigenvalue weighted by atomic mass is 9.98. The molecule has 4 heteroatoms. The van der Waals surface area contributed by atoms with Crippen LogP contribution in [0.1, 0.15) is 19.4 Å². The largest absolute Gasteiger partial charge is 0.368 e. The Hall–Kier alpha value is -0.250. The summed E-state index contributed by atoms with van der Waals surface area (Å²) in [4.78, 5) is 4.87. The molecule has 0 bridgehead atoms. The summed E-state index contributed by atoms with van der Waals surface area (Å²) >= 11 is 9.83. The molecule has 0 spiro atoms. The van der Waals surface area contributed by atoms with Gasteiger partial charge in [-0.25, -0.2) is 0 Å². The predicted octanol–water partition coefficient (Wildman–Crippen LogP) is 3.77. The van der Waals surface area contributed by atoms with Gasteiger partial charge in [-0.05, 0) is 33.0 Å². The van der Waals surface area contributed by atoms with Crippen LogP contribution in [0, 0.1) is 0 Å². The van der Waals surface area contributed by atoms with Crippen molar-refractivity contribution in [2.45, 2.75) is 24.7 Å². The van der Waals surface area contributed by atoms with Gasteiger partial charge in [-0.2, -0.15) is 0 Å². The minimum atomic E-state index is 0.199. The van der Waals surface area contributed by atoms with Crippen molar-refractivity contribution >= 4 is 33.2 Å². The van der Waals surface area contributed by atoms with Gasteiger partial charge in [0.25, 0.3) is 0 Å². The third-order valence-electron chi connectivity index (χ3n) is 3.88. The van der Waals surface area contributed by atoms with Crippen molar-refractivity contribution in [3.8, 4) is 0 Å². The van der Waals surface area contributed by atoms with E-state index in [2.05, 4.69) is 52.7 Å². The molecule has 2 rings (SSSR count). The van der Waals surface area contributed by atoms with Crippen LogP contribution in [0.15, 0.2) is 18.2 Å². The van der Waals surface area contributed by atoms with Gasteiger partial charge in [0.05, 0.1) is 0 Å². The minimum Gasteiger partial charge on any atom is -0.368 e. The number of alkyl halides is 1. The molecule has 18 heavy (non-hydrogen) atoms. The van der Waals surface area contributed by atoms with Crippen molar-refractivity contribution in [1.29, 1.82) is 0 Å². The van der Waals surface area contributed by atoms with Crippen LogP contribution in [0.4, 0.5) is 5.69 Å².